The molecule has 1 aromatic heterocycles. The monoisotopic (exact) mass is 393 g/mol. The van der Waals surface area contributed by atoms with E-state index in [4.69, 9.17) is 23.2 Å². The lowest BCUT2D eigenvalue weighted by Crippen LogP contribution is -2.29. The number of halogens is 2. The van der Waals surface area contributed by atoms with Gasteiger partial charge in [0.15, 0.2) is 0 Å². The highest BCUT2D eigenvalue weighted by molar-refractivity contribution is 6.35. The van der Waals surface area contributed by atoms with Gasteiger partial charge in [0.25, 0.3) is 5.91 Å². The summed E-state index contributed by atoms with van der Waals surface area (Å²) >= 11 is 12.1. The van der Waals surface area contributed by atoms with Crippen molar-refractivity contribution < 1.29 is 14.7 Å². The minimum absolute atomic E-state index is 0.0530. The number of carboxylic acid groups (broad SMARTS) is 1. The zero-order chi connectivity index (χ0) is 18.4. The van der Waals surface area contributed by atoms with Gasteiger partial charge in [0.05, 0.1) is 28.4 Å². The Hall–Kier alpha value is -2.05. The fourth-order valence-corrected chi connectivity index (χ4v) is 4.17. The molecule has 1 aromatic carbocycles. The van der Waals surface area contributed by atoms with Crippen molar-refractivity contribution in [3.05, 3.63) is 46.2 Å². The number of nitrogens with zero attached hydrogens (tertiary/aromatic N) is 3. The summed E-state index contributed by atoms with van der Waals surface area (Å²) in [6.45, 7) is 0.746. The number of carboxylic acids is 1. The molecule has 6 nitrogen and oxygen atoms in total. The van der Waals surface area contributed by atoms with Crippen LogP contribution < -0.4 is 0 Å². The minimum atomic E-state index is -0.819. The maximum absolute atomic E-state index is 12.8. The third-order valence-corrected chi connectivity index (χ3v) is 5.72. The first kappa shape index (κ1) is 17.4. The fourth-order valence-electron chi connectivity index (χ4n) is 3.67. The normalized spacial score (nSPS) is 22.6. The first-order chi connectivity index (χ1) is 12.4. The second kappa shape index (κ2) is 6.59. The Bertz CT molecular complexity index is 878. The van der Waals surface area contributed by atoms with Gasteiger partial charge in [0.2, 0.25) is 0 Å². The van der Waals surface area contributed by atoms with Crippen molar-refractivity contribution in [3.63, 3.8) is 0 Å². The Balaban J connectivity index is 1.54. The van der Waals surface area contributed by atoms with Crippen LogP contribution in [0.3, 0.4) is 0 Å². The SMILES string of the molecule is O=C(O)[C@H]1CN(C(=O)c2cnn(-c3ccc(Cl)cc3Cl)c2)C[C@@H]1C1CC1. The Morgan fingerprint density at radius 2 is 1.96 bits per heavy atom. The summed E-state index contributed by atoms with van der Waals surface area (Å²) in [5, 5.41) is 14.6. The summed E-state index contributed by atoms with van der Waals surface area (Å²) in [5.74, 6) is -1.01. The molecule has 2 fully saturated rings. The zero-order valence-electron chi connectivity index (χ0n) is 13.8. The Morgan fingerprint density at radius 3 is 2.62 bits per heavy atom. The molecule has 1 aliphatic heterocycles. The lowest BCUT2D eigenvalue weighted by molar-refractivity contribution is -0.142. The van der Waals surface area contributed by atoms with Crippen molar-refractivity contribution in [2.75, 3.05) is 13.1 Å². The van der Waals surface area contributed by atoms with Gasteiger partial charge in [0.1, 0.15) is 0 Å². The van der Waals surface area contributed by atoms with Gasteiger partial charge in [-0.2, -0.15) is 5.10 Å². The van der Waals surface area contributed by atoms with E-state index in [-0.39, 0.29) is 18.4 Å². The van der Waals surface area contributed by atoms with E-state index in [0.717, 1.165) is 12.8 Å². The van der Waals surface area contributed by atoms with Crippen molar-refractivity contribution in [3.8, 4) is 5.69 Å². The molecule has 0 spiro atoms. The summed E-state index contributed by atoms with van der Waals surface area (Å²) < 4.78 is 1.52. The summed E-state index contributed by atoms with van der Waals surface area (Å²) in [5.41, 5.74) is 1.03. The van der Waals surface area contributed by atoms with E-state index >= 15 is 0 Å². The topological polar surface area (TPSA) is 75.4 Å². The molecule has 0 unspecified atom stereocenters. The number of aliphatic carboxylic acids is 1. The molecule has 2 aromatic rings. The first-order valence-electron chi connectivity index (χ1n) is 8.46. The molecule has 0 bridgehead atoms. The van der Waals surface area contributed by atoms with Gasteiger partial charge in [-0.05, 0) is 42.9 Å². The van der Waals surface area contributed by atoms with Crippen LogP contribution in [0.5, 0.6) is 0 Å². The summed E-state index contributed by atoms with van der Waals surface area (Å²) in [7, 11) is 0. The number of hydrogen-bond donors (Lipinski definition) is 1. The molecule has 2 atom stereocenters. The van der Waals surface area contributed by atoms with Crippen molar-refractivity contribution >= 4 is 35.1 Å². The zero-order valence-corrected chi connectivity index (χ0v) is 15.3. The molecule has 136 valence electrons. The molecule has 2 aliphatic rings. The van der Waals surface area contributed by atoms with Gasteiger partial charge in [-0.1, -0.05) is 23.2 Å². The van der Waals surface area contributed by atoms with Gasteiger partial charge in [-0.3, -0.25) is 9.59 Å². The van der Waals surface area contributed by atoms with Crippen molar-refractivity contribution in [1.29, 1.82) is 0 Å². The largest absolute Gasteiger partial charge is 0.481 e. The molecular weight excluding hydrogens is 377 g/mol. The van der Waals surface area contributed by atoms with Gasteiger partial charge in [-0.25, -0.2) is 4.68 Å². The van der Waals surface area contributed by atoms with Crippen LogP contribution in [-0.2, 0) is 4.79 Å². The van der Waals surface area contributed by atoms with E-state index in [1.807, 2.05) is 0 Å². The molecule has 26 heavy (non-hydrogen) atoms. The van der Waals surface area contributed by atoms with Crippen molar-refractivity contribution in [2.24, 2.45) is 17.8 Å². The average molecular weight is 394 g/mol. The Kier molecular flexibility index (Phi) is 4.40. The number of carbonyl (C=O) groups excluding carboxylic acids is 1. The highest BCUT2D eigenvalue weighted by atomic mass is 35.5. The maximum Gasteiger partial charge on any atom is 0.308 e. The number of carbonyl (C=O) groups is 2. The lowest BCUT2D eigenvalue weighted by Gasteiger charge is -2.15. The molecule has 4 rings (SSSR count). The van der Waals surface area contributed by atoms with Crippen LogP contribution in [0.15, 0.2) is 30.6 Å². The quantitative estimate of drug-likeness (QED) is 0.863. The smallest absolute Gasteiger partial charge is 0.308 e. The molecule has 1 N–H and O–H groups in total. The van der Waals surface area contributed by atoms with Gasteiger partial charge in [0, 0.05) is 24.3 Å². The summed E-state index contributed by atoms with van der Waals surface area (Å²) in [6, 6.07) is 5.04. The number of likely N-dealkylation sites (tertiary alicyclic amines) is 1. The predicted octanol–water partition coefficient (Wildman–Crippen LogP) is 3.36. The highest BCUT2D eigenvalue weighted by Gasteiger charge is 2.47. The molecule has 2 heterocycles. The molecular formula is C18H17Cl2N3O3. The Labute approximate surface area is 160 Å². The number of amides is 1. The first-order valence-corrected chi connectivity index (χ1v) is 9.22. The number of rotatable bonds is 4. The third kappa shape index (κ3) is 3.19. The molecule has 0 radical (unpaired) electrons. The van der Waals surface area contributed by atoms with E-state index in [0.29, 0.717) is 33.8 Å². The molecule has 1 saturated heterocycles. The maximum atomic E-state index is 12.8. The number of benzene rings is 1. The van der Waals surface area contributed by atoms with Gasteiger partial charge in [-0.15, -0.1) is 0 Å². The fraction of sp³-hybridized carbons (Fsp3) is 0.389. The molecule has 1 aliphatic carbocycles. The standard InChI is InChI=1S/C18H17Cl2N3O3/c19-12-3-4-16(15(20)5-12)23-7-11(6-21-23)17(24)22-8-13(10-1-2-10)14(9-22)18(25)26/h3-7,10,13-14H,1-2,8-9H2,(H,25,26)/t13-,14+/m1/s1. The van der Waals surface area contributed by atoms with E-state index < -0.39 is 11.9 Å². The van der Waals surface area contributed by atoms with Gasteiger partial charge >= 0.3 is 5.97 Å². The Morgan fingerprint density at radius 1 is 1.19 bits per heavy atom. The molecule has 8 heteroatoms. The average Bonchev–Trinajstić information content (AvgIpc) is 3.16. The van der Waals surface area contributed by atoms with Crippen LogP contribution in [0.1, 0.15) is 23.2 Å². The second-order valence-corrected chi connectivity index (χ2v) is 7.77. The highest BCUT2D eigenvalue weighted by Crippen LogP contribution is 2.44. The van der Waals surface area contributed by atoms with Crippen LogP contribution in [0.25, 0.3) is 5.69 Å². The number of aromatic nitrogens is 2. The van der Waals surface area contributed by atoms with Gasteiger partial charge < -0.3 is 10.0 Å². The summed E-state index contributed by atoms with van der Waals surface area (Å²) in [4.78, 5) is 26.0. The van der Waals surface area contributed by atoms with E-state index in [2.05, 4.69) is 5.10 Å². The van der Waals surface area contributed by atoms with Crippen LogP contribution in [-0.4, -0.2) is 44.8 Å². The molecule has 1 saturated carbocycles. The van der Waals surface area contributed by atoms with Crippen molar-refractivity contribution in [1.82, 2.24) is 14.7 Å². The number of hydrogen-bond acceptors (Lipinski definition) is 3. The van der Waals surface area contributed by atoms with E-state index in [1.54, 1.807) is 29.3 Å². The predicted molar refractivity (Wildman–Crippen MR) is 96.8 cm³/mol. The van der Waals surface area contributed by atoms with Crippen LogP contribution in [0, 0.1) is 17.8 Å². The van der Waals surface area contributed by atoms with Crippen LogP contribution in [0.4, 0.5) is 0 Å². The van der Waals surface area contributed by atoms with Crippen molar-refractivity contribution in [2.45, 2.75) is 12.8 Å². The lowest BCUT2D eigenvalue weighted by atomic mass is 9.92. The van der Waals surface area contributed by atoms with Crippen LogP contribution in [0.2, 0.25) is 10.0 Å². The third-order valence-electron chi connectivity index (χ3n) is 5.18. The summed E-state index contributed by atoms with van der Waals surface area (Å²) in [6.07, 6.45) is 5.21. The van der Waals surface area contributed by atoms with Crippen LogP contribution >= 0.6 is 23.2 Å². The second-order valence-electron chi connectivity index (χ2n) is 6.93. The van der Waals surface area contributed by atoms with E-state index in [1.165, 1.54) is 10.9 Å². The minimum Gasteiger partial charge on any atom is -0.481 e. The van der Waals surface area contributed by atoms with E-state index in [9.17, 15) is 14.7 Å². The molecule has 1 amide bonds.